The Morgan fingerprint density at radius 1 is 1.29 bits per heavy atom. The number of benzene rings is 1. The highest BCUT2D eigenvalue weighted by molar-refractivity contribution is 7.91. The van der Waals surface area contributed by atoms with Crippen molar-refractivity contribution in [2.75, 3.05) is 18.7 Å². The van der Waals surface area contributed by atoms with Gasteiger partial charge >= 0.3 is 12.1 Å². The molecule has 0 saturated carbocycles. The molecular formula is C13H15NO6S. The highest BCUT2D eigenvalue weighted by atomic mass is 32.2. The average Bonchev–Trinajstić information content (AvgIpc) is 2.81. The molecule has 114 valence electrons. The number of rotatable bonds is 3. The van der Waals surface area contributed by atoms with Crippen molar-refractivity contribution >= 4 is 21.9 Å². The van der Waals surface area contributed by atoms with E-state index in [0.29, 0.717) is 0 Å². The van der Waals surface area contributed by atoms with Gasteiger partial charge in [-0.2, -0.15) is 0 Å². The summed E-state index contributed by atoms with van der Waals surface area (Å²) in [6, 6.07) is 7.80. The molecule has 1 aliphatic rings. The molecule has 0 aliphatic carbocycles. The fourth-order valence-corrected chi connectivity index (χ4v) is 3.61. The Bertz CT molecular complexity index is 627. The molecular weight excluding hydrogens is 298 g/mol. The van der Waals surface area contributed by atoms with Crippen LogP contribution >= 0.6 is 0 Å². The van der Waals surface area contributed by atoms with Crippen molar-refractivity contribution in [3.8, 4) is 0 Å². The van der Waals surface area contributed by atoms with Gasteiger partial charge in [-0.3, -0.25) is 4.90 Å². The zero-order chi connectivity index (χ0) is 15.5. The van der Waals surface area contributed by atoms with Gasteiger partial charge in [0.1, 0.15) is 18.5 Å². The summed E-state index contributed by atoms with van der Waals surface area (Å²) in [7, 11) is -2.36. The van der Waals surface area contributed by atoms with Crippen LogP contribution in [0.2, 0.25) is 0 Å². The van der Waals surface area contributed by atoms with Crippen LogP contribution in [0.4, 0.5) is 4.79 Å². The molecule has 7 nitrogen and oxygen atoms in total. The number of sulfone groups is 1. The van der Waals surface area contributed by atoms with E-state index in [1.165, 1.54) is 0 Å². The van der Waals surface area contributed by atoms with Gasteiger partial charge in [0.05, 0.1) is 12.9 Å². The highest BCUT2D eigenvalue weighted by Gasteiger charge is 2.44. The molecule has 1 amide bonds. The van der Waals surface area contributed by atoms with E-state index in [0.717, 1.165) is 17.6 Å². The van der Waals surface area contributed by atoms with Crippen LogP contribution in [0.5, 0.6) is 0 Å². The molecule has 0 unspecified atom stereocenters. The van der Waals surface area contributed by atoms with E-state index in [-0.39, 0.29) is 6.61 Å². The number of esters is 1. The maximum absolute atomic E-state index is 12.0. The van der Waals surface area contributed by atoms with Crippen molar-refractivity contribution in [3.05, 3.63) is 35.9 Å². The first-order valence-corrected chi connectivity index (χ1v) is 8.00. The van der Waals surface area contributed by atoms with Gasteiger partial charge in [0.25, 0.3) is 0 Å². The van der Waals surface area contributed by atoms with E-state index in [1.54, 1.807) is 24.3 Å². The molecule has 1 atom stereocenters. The van der Waals surface area contributed by atoms with Gasteiger partial charge in [-0.1, -0.05) is 30.3 Å². The minimum atomic E-state index is -3.50. The molecule has 1 aliphatic heterocycles. The minimum Gasteiger partial charge on any atom is -0.467 e. The van der Waals surface area contributed by atoms with Gasteiger partial charge < -0.3 is 9.47 Å². The molecule has 1 fully saturated rings. The van der Waals surface area contributed by atoms with Crippen LogP contribution in [0.3, 0.4) is 0 Å². The Hall–Kier alpha value is -2.09. The van der Waals surface area contributed by atoms with Crippen LogP contribution in [0.1, 0.15) is 5.56 Å². The molecule has 1 aromatic carbocycles. The summed E-state index contributed by atoms with van der Waals surface area (Å²) in [6.45, 7) is 0.00408. The topological polar surface area (TPSA) is 90.0 Å². The van der Waals surface area contributed by atoms with E-state index in [1.807, 2.05) is 6.07 Å². The van der Waals surface area contributed by atoms with Gasteiger partial charge in [0, 0.05) is 0 Å². The van der Waals surface area contributed by atoms with E-state index >= 15 is 0 Å². The summed E-state index contributed by atoms with van der Waals surface area (Å²) >= 11 is 0. The van der Waals surface area contributed by atoms with E-state index in [4.69, 9.17) is 4.74 Å². The molecule has 8 heteroatoms. The second-order valence-electron chi connectivity index (χ2n) is 4.59. The van der Waals surface area contributed by atoms with Gasteiger partial charge in [-0.15, -0.1) is 0 Å². The largest absolute Gasteiger partial charge is 0.467 e. The number of carbonyl (C=O) groups is 2. The second kappa shape index (κ2) is 6.13. The van der Waals surface area contributed by atoms with Crippen LogP contribution in [-0.2, 0) is 30.7 Å². The Balaban J connectivity index is 2.04. The number of ether oxygens (including phenoxy) is 2. The standard InChI is InChI=1S/C13H15NO6S/c1-19-12(15)11-8-21(17,18)9-14(11)13(16)20-7-10-5-3-2-4-6-10/h2-6,11H,7-9H2,1H3/t11-/m0/s1. The summed E-state index contributed by atoms with van der Waals surface area (Å²) in [5.74, 6) is -1.76. The van der Waals surface area contributed by atoms with Crippen molar-refractivity contribution in [3.63, 3.8) is 0 Å². The summed E-state index contributed by atoms with van der Waals surface area (Å²) < 4.78 is 32.7. The Morgan fingerprint density at radius 3 is 2.57 bits per heavy atom. The van der Waals surface area contributed by atoms with Crippen molar-refractivity contribution < 1.29 is 27.5 Å². The number of nitrogens with zero attached hydrogens (tertiary/aromatic N) is 1. The summed E-state index contributed by atoms with van der Waals surface area (Å²) in [5.41, 5.74) is 0.766. The molecule has 0 radical (unpaired) electrons. The van der Waals surface area contributed by atoms with Crippen LogP contribution < -0.4 is 0 Å². The lowest BCUT2D eigenvalue weighted by Crippen LogP contribution is -2.42. The molecule has 0 bridgehead atoms. The number of methoxy groups -OCH3 is 1. The maximum Gasteiger partial charge on any atom is 0.411 e. The summed E-state index contributed by atoms with van der Waals surface area (Å²) in [6.07, 6.45) is -0.852. The number of amides is 1. The molecule has 1 heterocycles. The van der Waals surface area contributed by atoms with Crippen molar-refractivity contribution in [1.29, 1.82) is 0 Å². The van der Waals surface area contributed by atoms with Crippen LogP contribution in [-0.4, -0.2) is 50.2 Å². The molecule has 0 aromatic heterocycles. The third kappa shape index (κ3) is 3.72. The third-order valence-corrected chi connectivity index (χ3v) is 4.53. The highest BCUT2D eigenvalue weighted by Crippen LogP contribution is 2.18. The average molecular weight is 313 g/mol. The van der Waals surface area contributed by atoms with Gasteiger partial charge in [0.15, 0.2) is 9.84 Å². The molecule has 1 saturated heterocycles. The quantitative estimate of drug-likeness (QED) is 0.757. The predicted octanol–water partition coefficient (Wildman–Crippen LogP) is 0.553. The molecule has 0 N–H and O–H groups in total. The first kappa shape index (κ1) is 15.3. The van der Waals surface area contributed by atoms with E-state index in [9.17, 15) is 18.0 Å². The van der Waals surface area contributed by atoms with Gasteiger partial charge in [-0.05, 0) is 5.56 Å². The van der Waals surface area contributed by atoms with Crippen LogP contribution in [0.25, 0.3) is 0 Å². The predicted molar refractivity (Wildman–Crippen MR) is 72.9 cm³/mol. The Kier molecular flexibility index (Phi) is 4.46. The van der Waals surface area contributed by atoms with E-state index < -0.39 is 39.6 Å². The fraction of sp³-hybridized carbons (Fsp3) is 0.385. The second-order valence-corrected chi connectivity index (χ2v) is 6.67. The number of hydrogen-bond donors (Lipinski definition) is 0. The molecule has 2 rings (SSSR count). The first-order valence-electron chi connectivity index (χ1n) is 6.18. The van der Waals surface area contributed by atoms with Crippen LogP contribution in [0, 0.1) is 0 Å². The smallest absolute Gasteiger partial charge is 0.411 e. The lowest BCUT2D eigenvalue weighted by molar-refractivity contribution is -0.144. The number of hydrogen-bond acceptors (Lipinski definition) is 6. The fourth-order valence-electron chi connectivity index (χ4n) is 2.00. The third-order valence-electron chi connectivity index (χ3n) is 3.04. The SMILES string of the molecule is COC(=O)[C@@H]1CS(=O)(=O)CN1C(=O)OCc1ccccc1. The van der Waals surface area contributed by atoms with E-state index in [2.05, 4.69) is 4.74 Å². The summed E-state index contributed by atoms with van der Waals surface area (Å²) in [4.78, 5) is 24.4. The first-order chi connectivity index (χ1) is 9.93. The Labute approximate surface area is 122 Å². The molecule has 21 heavy (non-hydrogen) atoms. The molecule has 0 spiro atoms. The monoisotopic (exact) mass is 313 g/mol. The Morgan fingerprint density at radius 2 is 1.95 bits per heavy atom. The van der Waals surface area contributed by atoms with Crippen molar-refractivity contribution in [2.45, 2.75) is 12.6 Å². The minimum absolute atomic E-state index is 0.00408. The van der Waals surface area contributed by atoms with Crippen molar-refractivity contribution in [2.24, 2.45) is 0 Å². The zero-order valence-electron chi connectivity index (χ0n) is 11.4. The lowest BCUT2D eigenvalue weighted by atomic mass is 10.2. The zero-order valence-corrected chi connectivity index (χ0v) is 12.2. The molecule has 1 aromatic rings. The van der Waals surface area contributed by atoms with Gasteiger partial charge in [0.2, 0.25) is 0 Å². The summed E-state index contributed by atoms with van der Waals surface area (Å²) in [5, 5.41) is 0. The van der Waals surface area contributed by atoms with Crippen molar-refractivity contribution in [1.82, 2.24) is 4.90 Å². The maximum atomic E-state index is 12.0. The lowest BCUT2D eigenvalue weighted by Gasteiger charge is -2.20. The van der Waals surface area contributed by atoms with Crippen LogP contribution in [0.15, 0.2) is 30.3 Å². The normalized spacial score (nSPS) is 20.0. The number of carbonyl (C=O) groups excluding carboxylic acids is 2. The van der Waals surface area contributed by atoms with Gasteiger partial charge in [-0.25, -0.2) is 18.0 Å².